The van der Waals surface area contributed by atoms with Crippen LogP contribution in [0, 0.1) is 34.0 Å². The lowest BCUT2D eigenvalue weighted by atomic mass is 9.63. The molecule has 174 valence electrons. The average molecular weight is 458 g/mol. The first kappa shape index (κ1) is 23.4. The van der Waals surface area contributed by atoms with Crippen molar-refractivity contribution in [3.8, 4) is 12.1 Å². The number of carbonyl (C=O) groups excluding carboxylic acids is 2. The van der Waals surface area contributed by atoms with E-state index in [1.807, 2.05) is 46.8 Å². The zero-order valence-corrected chi connectivity index (χ0v) is 20.0. The van der Waals surface area contributed by atoms with Crippen molar-refractivity contribution in [2.75, 3.05) is 11.9 Å². The molecule has 2 aromatic rings. The predicted molar refractivity (Wildman–Crippen MR) is 124 cm³/mol. The third-order valence-electron chi connectivity index (χ3n) is 7.79. The number of benzene rings is 1. The van der Waals surface area contributed by atoms with E-state index in [-0.39, 0.29) is 23.2 Å². The van der Waals surface area contributed by atoms with Crippen LogP contribution in [0.25, 0.3) is 0 Å². The van der Waals surface area contributed by atoms with Crippen LogP contribution in [0.15, 0.2) is 24.3 Å². The Balaban J connectivity index is 1.67. The SMILES string of the molecule is CC(C)COC(=O)c1ccc(NC(=O)C23CCC(C)(c4nc(C#N)c(C#N)nc42)C3(C)C)cc1. The van der Waals surface area contributed by atoms with Gasteiger partial charge in [-0.2, -0.15) is 10.5 Å². The lowest BCUT2D eigenvalue weighted by molar-refractivity contribution is -0.125. The summed E-state index contributed by atoms with van der Waals surface area (Å²) in [7, 11) is 0. The minimum absolute atomic E-state index is 0.0127. The highest BCUT2D eigenvalue weighted by atomic mass is 16.5. The number of fused-ring (bicyclic) bond motifs is 5. The molecule has 0 saturated heterocycles. The summed E-state index contributed by atoms with van der Waals surface area (Å²) in [5, 5.41) is 21.9. The van der Waals surface area contributed by atoms with E-state index < -0.39 is 22.2 Å². The molecule has 2 aliphatic rings. The Kier molecular flexibility index (Phi) is 5.44. The van der Waals surface area contributed by atoms with Crippen LogP contribution >= 0.6 is 0 Å². The van der Waals surface area contributed by atoms with Crippen LogP contribution in [0.2, 0.25) is 0 Å². The van der Waals surface area contributed by atoms with Crippen molar-refractivity contribution in [3.05, 3.63) is 52.6 Å². The molecular weight excluding hydrogens is 430 g/mol. The van der Waals surface area contributed by atoms with Crippen molar-refractivity contribution in [2.24, 2.45) is 11.3 Å². The molecular formula is C26H27N5O3. The van der Waals surface area contributed by atoms with Gasteiger partial charge >= 0.3 is 5.97 Å². The molecule has 1 aromatic carbocycles. The van der Waals surface area contributed by atoms with Gasteiger partial charge in [0.2, 0.25) is 5.91 Å². The van der Waals surface area contributed by atoms with Gasteiger partial charge in [-0.25, -0.2) is 14.8 Å². The molecule has 1 aromatic heterocycles. The molecule has 0 radical (unpaired) electrons. The first-order valence-corrected chi connectivity index (χ1v) is 11.3. The molecule has 2 unspecified atom stereocenters. The lowest BCUT2D eigenvalue weighted by Gasteiger charge is -2.39. The van der Waals surface area contributed by atoms with Crippen LogP contribution in [0.1, 0.15) is 80.6 Å². The van der Waals surface area contributed by atoms with Crippen molar-refractivity contribution in [1.29, 1.82) is 10.5 Å². The Labute approximate surface area is 199 Å². The number of amides is 1. The number of anilines is 1. The molecule has 0 spiro atoms. The number of nitriles is 2. The van der Waals surface area contributed by atoms with Crippen LogP contribution in [-0.4, -0.2) is 28.5 Å². The molecule has 1 saturated carbocycles. The Bertz CT molecular complexity index is 1270. The van der Waals surface area contributed by atoms with Crippen molar-refractivity contribution >= 4 is 17.6 Å². The number of esters is 1. The maximum Gasteiger partial charge on any atom is 0.338 e. The highest BCUT2D eigenvalue weighted by Crippen LogP contribution is 2.70. The Hall–Kier alpha value is -3.78. The number of hydrogen-bond acceptors (Lipinski definition) is 7. The maximum absolute atomic E-state index is 13.8. The van der Waals surface area contributed by atoms with Crippen LogP contribution in [0.4, 0.5) is 5.69 Å². The van der Waals surface area contributed by atoms with E-state index >= 15 is 0 Å². The van der Waals surface area contributed by atoms with Gasteiger partial charge in [0.05, 0.1) is 29.0 Å². The number of carbonyl (C=O) groups is 2. The van der Waals surface area contributed by atoms with E-state index in [2.05, 4.69) is 15.3 Å². The summed E-state index contributed by atoms with van der Waals surface area (Å²) in [5.41, 5.74) is -0.0372. The third-order valence-corrected chi connectivity index (χ3v) is 7.79. The molecule has 34 heavy (non-hydrogen) atoms. The van der Waals surface area contributed by atoms with Crippen LogP contribution in [0.3, 0.4) is 0 Å². The van der Waals surface area contributed by atoms with E-state index in [4.69, 9.17) is 4.74 Å². The largest absolute Gasteiger partial charge is 0.462 e. The summed E-state index contributed by atoms with van der Waals surface area (Å²) in [6.45, 7) is 10.4. The fourth-order valence-electron chi connectivity index (χ4n) is 5.39. The standard InChI is InChI=1S/C26H27N5O3/c1-15(2)14-34-22(32)16-6-8-17(9-7-16)29-23(33)26-11-10-25(5,24(26,3)4)20-21(26)31-19(13-28)18(12-27)30-20/h6-9,15H,10-11,14H2,1-5H3,(H,29,33). The van der Waals surface area contributed by atoms with Gasteiger partial charge in [0, 0.05) is 11.1 Å². The number of ether oxygens (including phenoxy) is 1. The second kappa shape index (κ2) is 7.92. The third kappa shape index (κ3) is 3.09. The minimum atomic E-state index is -1.00. The first-order valence-electron chi connectivity index (χ1n) is 11.3. The molecule has 1 amide bonds. The van der Waals surface area contributed by atoms with Crippen molar-refractivity contribution in [3.63, 3.8) is 0 Å². The van der Waals surface area contributed by atoms with Crippen LogP contribution in [0.5, 0.6) is 0 Å². The molecule has 1 heterocycles. The van der Waals surface area contributed by atoms with E-state index in [9.17, 15) is 20.1 Å². The minimum Gasteiger partial charge on any atom is -0.462 e. The maximum atomic E-state index is 13.8. The van der Waals surface area contributed by atoms with Gasteiger partial charge in [0.25, 0.3) is 0 Å². The van der Waals surface area contributed by atoms with Gasteiger partial charge in [-0.3, -0.25) is 4.79 Å². The summed E-state index contributed by atoms with van der Waals surface area (Å²) in [6.07, 6.45) is 1.27. The topological polar surface area (TPSA) is 129 Å². The van der Waals surface area contributed by atoms with E-state index in [1.165, 1.54) is 0 Å². The smallest absolute Gasteiger partial charge is 0.338 e. The average Bonchev–Trinajstić information content (AvgIpc) is 3.11. The monoisotopic (exact) mass is 457 g/mol. The fourth-order valence-corrected chi connectivity index (χ4v) is 5.39. The van der Waals surface area contributed by atoms with Crippen molar-refractivity contribution in [2.45, 2.75) is 58.3 Å². The summed E-state index contributed by atoms with van der Waals surface area (Å²) >= 11 is 0. The molecule has 8 nitrogen and oxygen atoms in total. The highest BCUT2D eigenvalue weighted by molar-refractivity contribution is 6.02. The molecule has 8 heteroatoms. The Morgan fingerprint density at radius 3 is 2.18 bits per heavy atom. The quantitative estimate of drug-likeness (QED) is 0.672. The molecule has 2 bridgehead atoms. The highest BCUT2D eigenvalue weighted by Gasteiger charge is 2.73. The molecule has 2 aliphatic carbocycles. The van der Waals surface area contributed by atoms with Crippen molar-refractivity contribution < 1.29 is 14.3 Å². The van der Waals surface area contributed by atoms with Crippen LogP contribution in [-0.2, 0) is 20.4 Å². The molecule has 1 fully saturated rings. The van der Waals surface area contributed by atoms with E-state index in [0.717, 1.165) is 0 Å². The fraction of sp³-hybridized carbons (Fsp3) is 0.462. The van der Waals surface area contributed by atoms with Gasteiger partial charge in [0.1, 0.15) is 12.1 Å². The summed E-state index contributed by atoms with van der Waals surface area (Å²) in [4.78, 5) is 35.1. The Morgan fingerprint density at radius 1 is 1.03 bits per heavy atom. The number of nitrogens with one attached hydrogen (secondary N) is 1. The molecule has 2 atom stereocenters. The second-order valence-corrected chi connectivity index (χ2v) is 10.2. The van der Waals surface area contributed by atoms with Gasteiger partial charge in [-0.05, 0) is 48.4 Å². The van der Waals surface area contributed by atoms with E-state index in [0.29, 0.717) is 42.1 Å². The number of hydrogen-bond donors (Lipinski definition) is 1. The molecule has 0 aliphatic heterocycles. The second-order valence-electron chi connectivity index (χ2n) is 10.2. The van der Waals surface area contributed by atoms with Crippen LogP contribution < -0.4 is 5.32 Å². The molecule has 1 N–H and O–H groups in total. The zero-order chi connectivity index (χ0) is 24.9. The lowest BCUT2D eigenvalue weighted by Crippen LogP contribution is -2.48. The zero-order valence-electron chi connectivity index (χ0n) is 20.0. The van der Waals surface area contributed by atoms with Gasteiger partial charge in [-0.15, -0.1) is 0 Å². The van der Waals surface area contributed by atoms with Gasteiger partial charge in [-0.1, -0.05) is 34.6 Å². The predicted octanol–water partition coefficient (Wildman–Crippen LogP) is 4.00. The van der Waals surface area contributed by atoms with Gasteiger partial charge < -0.3 is 10.1 Å². The normalized spacial score (nSPS) is 23.6. The van der Waals surface area contributed by atoms with Gasteiger partial charge in [0.15, 0.2) is 11.4 Å². The summed E-state index contributed by atoms with van der Waals surface area (Å²) in [6, 6.07) is 10.5. The summed E-state index contributed by atoms with van der Waals surface area (Å²) in [5.74, 6) is -0.404. The summed E-state index contributed by atoms with van der Waals surface area (Å²) < 4.78 is 5.26. The Morgan fingerprint density at radius 2 is 1.62 bits per heavy atom. The van der Waals surface area contributed by atoms with E-state index in [1.54, 1.807) is 24.3 Å². The number of nitrogens with zero attached hydrogens (tertiary/aromatic N) is 4. The number of aromatic nitrogens is 2. The van der Waals surface area contributed by atoms with Crippen molar-refractivity contribution in [1.82, 2.24) is 9.97 Å². The number of rotatable bonds is 5. The molecule has 4 rings (SSSR count). The first-order chi connectivity index (χ1) is 16.0.